The lowest BCUT2D eigenvalue weighted by Crippen LogP contribution is -1.79. The highest BCUT2D eigenvalue weighted by Crippen LogP contribution is 2.47. The van der Waals surface area contributed by atoms with Crippen molar-refractivity contribution in [2.24, 2.45) is 0 Å². The summed E-state index contributed by atoms with van der Waals surface area (Å²) in [5.41, 5.74) is 2.54. The van der Waals surface area contributed by atoms with Crippen LogP contribution >= 0.6 is 45.3 Å². The van der Waals surface area contributed by atoms with Crippen LogP contribution in [0.5, 0.6) is 0 Å². The Balaban J connectivity index is 1.09. The molecule has 0 unspecified atom stereocenters. The minimum Gasteiger partial charge on any atom is -0.134 e. The van der Waals surface area contributed by atoms with E-state index in [0.717, 1.165) is 0 Å². The fourth-order valence-electron chi connectivity index (χ4n) is 6.31. The number of fused-ring (bicyclic) bond motifs is 9. The van der Waals surface area contributed by atoms with Crippen LogP contribution < -0.4 is 0 Å². The summed E-state index contributed by atoms with van der Waals surface area (Å²) in [6.45, 7) is 0. The van der Waals surface area contributed by atoms with E-state index >= 15 is 0 Å². The first-order chi connectivity index (χ1) is 20.7. The van der Waals surface area contributed by atoms with Crippen LogP contribution in [0.2, 0.25) is 0 Å². The van der Waals surface area contributed by atoms with Crippen molar-refractivity contribution < 1.29 is 0 Å². The van der Waals surface area contributed by atoms with E-state index in [0.29, 0.717) is 0 Å². The van der Waals surface area contributed by atoms with E-state index in [9.17, 15) is 0 Å². The average molecular weight is 605 g/mol. The van der Waals surface area contributed by atoms with Gasteiger partial charge in [0.2, 0.25) is 0 Å². The highest BCUT2D eigenvalue weighted by molar-refractivity contribution is 7.36. The molecule has 4 heteroatoms. The lowest BCUT2D eigenvalue weighted by Gasteiger charge is -2.05. The van der Waals surface area contributed by atoms with Gasteiger partial charge in [0.05, 0.1) is 9.40 Å². The molecule has 196 valence electrons. The maximum atomic E-state index is 2.42. The molecule has 10 rings (SSSR count). The average Bonchev–Trinajstić information content (AvgIpc) is 3.79. The predicted molar refractivity (Wildman–Crippen MR) is 191 cm³/mol. The van der Waals surface area contributed by atoms with Crippen molar-refractivity contribution in [3.05, 3.63) is 121 Å². The molecule has 0 bridgehead atoms. The van der Waals surface area contributed by atoms with Crippen LogP contribution in [0, 0.1) is 0 Å². The first kappa shape index (κ1) is 23.5. The van der Waals surface area contributed by atoms with Gasteiger partial charge in [-0.15, -0.1) is 45.3 Å². The molecule has 0 aliphatic carbocycles. The predicted octanol–water partition coefficient (Wildman–Crippen LogP) is 13.3. The molecule has 0 atom stereocenters. The van der Waals surface area contributed by atoms with Gasteiger partial charge in [-0.2, -0.15) is 0 Å². The number of benzene rings is 6. The minimum atomic E-state index is 1.27. The maximum absolute atomic E-state index is 2.42. The van der Waals surface area contributed by atoms with Gasteiger partial charge in [0.15, 0.2) is 0 Å². The topological polar surface area (TPSA) is 0 Å². The number of rotatable bonds is 2. The lowest BCUT2D eigenvalue weighted by molar-refractivity contribution is 1.71. The molecular formula is C38H20S4. The summed E-state index contributed by atoms with van der Waals surface area (Å²) < 4.78 is 8.28. The zero-order valence-corrected chi connectivity index (χ0v) is 25.4. The van der Waals surface area contributed by atoms with Gasteiger partial charge in [0, 0.05) is 39.3 Å². The Hall–Kier alpha value is -4.06. The monoisotopic (exact) mass is 604 g/mol. The third-order valence-corrected chi connectivity index (χ3v) is 13.4. The molecule has 0 amide bonds. The van der Waals surface area contributed by atoms with Gasteiger partial charge in [-0.3, -0.25) is 0 Å². The van der Waals surface area contributed by atoms with Crippen LogP contribution in [-0.4, -0.2) is 0 Å². The van der Waals surface area contributed by atoms with Gasteiger partial charge < -0.3 is 0 Å². The molecule has 0 radical (unpaired) electrons. The second-order valence-corrected chi connectivity index (χ2v) is 15.3. The van der Waals surface area contributed by atoms with E-state index in [4.69, 9.17) is 0 Å². The molecule has 0 spiro atoms. The highest BCUT2D eigenvalue weighted by Gasteiger charge is 2.15. The summed E-state index contributed by atoms with van der Waals surface area (Å²) in [6, 6.07) is 45.5. The van der Waals surface area contributed by atoms with Crippen molar-refractivity contribution in [2.75, 3.05) is 0 Å². The molecule has 42 heavy (non-hydrogen) atoms. The number of thiophene rings is 4. The van der Waals surface area contributed by atoms with Gasteiger partial charge >= 0.3 is 0 Å². The van der Waals surface area contributed by atoms with Gasteiger partial charge in [0.25, 0.3) is 0 Å². The number of hydrogen-bond acceptors (Lipinski definition) is 4. The smallest absolute Gasteiger partial charge is 0.0542 e. The van der Waals surface area contributed by atoms with Crippen LogP contribution in [0.3, 0.4) is 0 Å². The van der Waals surface area contributed by atoms with E-state index < -0.39 is 0 Å². The summed E-state index contributed by atoms with van der Waals surface area (Å²) in [5.74, 6) is 0. The van der Waals surface area contributed by atoms with Crippen LogP contribution in [0.1, 0.15) is 0 Å². The summed E-state index contributed by atoms with van der Waals surface area (Å²) in [7, 11) is 0. The Kier molecular flexibility index (Phi) is 4.88. The van der Waals surface area contributed by atoms with Crippen molar-refractivity contribution in [3.63, 3.8) is 0 Å². The molecular weight excluding hydrogens is 585 g/mol. The first-order valence-electron chi connectivity index (χ1n) is 14.0. The van der Waals surface area contributed by atoms with Gasteiger partial charge in [-0.05, 0) is 104 Å². The first-order valence-corrected chi connectivity index (χ1v) is 17.2. The van der Waals surface area contributed by atoms with Gasteiger partial charge in [-0.1, -0.05) is 60.7 Å². The molecule has 0 aliphatic rings. The summed E-state index contributed by atoms with van der Waals surface area (Å²) in [6.07, 6.45) is 0. The zero-order valence-electron chi connectivity index (χ0n) is 22.2. The van der Waals surface area contributed by atoms with Crippen LogP contribution in [0.25, 0.3) is 92.2 Å². The molecule has 0 saturated carbocycles. The SMILES string of the molecule is c1ccc2cc3c(cc2c1)sc1c2cc4cc(-c5ccc6sc(-c7cc8ccccc8s7)cc6c5)ccc4cc2sc31. The van der Waals surface area contributed by atoms with E-state index in [1.54, 1.807) is 0 Å². The second-order valence-electron chi connectivity index (χ2n) is 11.0. The quantitative estimate of drug-likeness (QED) is 0.184. The van der Waals surface area contributed by atoms with Gasteiger partial charge in [0.1, 0.15) is 0 Å². The molecule has 4 heterocycles. The van der Waals surface area contributed by atoms with Crippen LogP contribution in [0.4, 0.5) is 0 Å². The van der Waals surface area contributed by atoms with E-state index in [1.807, 2.05) is 45.3 Å². The number of hydrogen-bond donors (Lipinski definition) is 0. The Morgan fingerprint density at radius 3 is 1.55 bits per heavy atom. The molecule has 0 saturated heterocycles. The van der Waals surface area contributed by atoms with Crippen molar-refractivity contribution in [2.45, 2.75) is 0 Å². The third-order valence-electron chi connectivity index (χ3n) is 8.42. The standard InChI is InChI=1S/C38H20S4/c1-2-6-22-17-33-29(15-21(22)5-1)37-38(41-33)30-16-27-13-23(9-10-25(27)18-34(30)42-37)24-11-12-32-28(14-24)20-36(40-32)35-19-26-7-3-4-8-31(26)39-35/h1-20H. The summed E-state index contributed by atoms with van der Waals surface area (Å²) in [5, 5.41) is 10.7. The van der Waals surface area contributed by atoms with E-state index in [-0.39, 0.29) is 0 Å². The normalized spacial score (nSPS) is 12.3. The lowest BCUT2D eigenvalue weighted by atomic mass is 9.99. The second kappa shape index (κ2) is 8.73. The van der Waals surface area contributed by atoms with Crippen LogP contribution in [0.15, 0.2) is 121 Å². The van der Waals surface area contributed by atoms with Gasteiger partial charge in [-0.25, -0.2) is 0 Å². The highest BCUT2D eigenvalue weighted by atomic mass is 32.1. The van der Waals surface area contributed by atoms with Crippen molar-refractivity contribution in [3.8, 4) is 20.9 Å². The van der Waals surface area contributed by atoms with Crippen LogP contribution in [-0.2, 0) is 0 Å². The van der Waals surface area contributed by atoms with E-state index in [2.05, 4.69) is 121 Å². The Bertz CT molecular complexity index is 2660. The molecule has 10 aromatic rings. The van der Waals surface area contributed by atoms with E-state index in [1.165, 1.54) is 92.2 Å². The minimum absolute atomic E-state index is 1.27. The Morgan fingerprint density at radius 2 is 0.833 bits per heavy atom. The molecule has 0 N–H and O–H groups in total. The Labute approximate surface area is 257 Å². The fraction of sp³-hybridized carbons (Fsp3) is 0. The molecule has 0 aliphatic heterocycles. The summed E-state index contributed by atoms with van der Waals surface area (Å²) >= 11 is 7.65. The molecule has 4 aromatic heterocycles. The van der Waals surface area contributed by atoms with Crippen molar-refractivity contribution in [1.29, 1.82) is 0 Å². The van der Waals surface area contributed by atoms with Crippen molar-refractivity contribution >= 4 is 117 Å². The molecule has 0 nitrogen and oxygen atoms in total. The Morgan fingerprint density at radius 1 is 0.310 bits per heavy atom. The largest absolute Gasteiger partial charge is 0.134 e. The summed E-state index contributed by atoms with van der Waals surface area (Å²) in [4.78, 5) is 2.70. The third kappa shape index (κ3) is 3.50. The van der Waals surface area contributed by atoms with Crippen molar-refractivity contribution in [1.82, 2.24) is 0 Å². The molecule has 6 aromatic carbocycles. The maximum Gasteiger partial charge on any atom is 0.0542 e. The zero-order chi connectivity index (χ0) is 27.4. The molecule has 0 fully saturated rings. The fourth-order valence-corrected chi connectivity index (χ4v) is 11.2.